The van der Waals surface area contributed by atoms with Gasteiger partial charge in [0.1, 0.15) is 5.75 Å². The molecule has 0 aliphatic heterocycles. The van der Waals surface area contributed by atoms with Gasteiger partial charge in [0.15, 0.2) is 0 Å². The number of carbonyl (C=O) groups is 1. The fraction of sp³-hybridized carbons (Fsp3) is 0.533. The van der Waals surface area contributed by atoms with E-state index in [0.29, 0.717) is 5.75 Å². The lowest BCUT2D eigenvalue weighted by Crippen LogP contribution is -2.20. The number of unbranched alkanes of at least 4 members (excludes halogenated alkanes) is 2. The molecular formula is C15H21NO4. The van der Waals surface area contributed by atoms with Crippen molar-refractivity contribution in [2.45, 2.75) is 46.0 Å². The van der Waals surface area contributed by atoms with Crippen molar-refractivity contribution in [2.24, 2.45) is 5.92 Å². The molecule has 1 aromatic carbocycles. The summed E-state index contributed by atoms with van der Waals surface area (Å²) in [4.78, 5) is 22.1. The summed E-state index contributed by atoms with van der Waals surface area (Å²) < 4.78 is 5.27. The van der Waals surface area contributed by atoms with E-state index in [1.165, 1.54) is 24.3 Å². The maximum Gasteiger partial charge on any atom is 0.314 e. The van der Waals surface area contributed by atoms with Crippen LogP contribution in [0.1, 0.15) is 46.0 Å². The molecule has 0 aliphatic rings. The second kappa shape index (κ2) is 8.30. The van der Waals surface area contributed by atoms with Crippen LogP contribution in [0.4, 0.5) is 5.69 Å². The predicted octanol–water partition coefficient (Wildman–Crippen LogP) is 4.11. The van der Waals surface area contributed by atoms with E-state index < -0.39 is 4.92 Å². The molecule has 110 valence electrons. The van der Waals surface area contributed by atoms with Crippen molar-refractivity contribution >= 4 is 11.7 Å². The van der Waals surface area contributed by atoms with Gasteiger partial charge >= 0.3 is 5.97 Å². The number of non-ortho nitro benzene ring substituents is 1. The molecule has 0 N–H and O–H groups in total. The first kappa shape index (κ1) is 16.1. The van der Waals surface area contributed by atoms with Gasteiger partial charge in [0.05, 0.1) is 10.8 Å². The van der Waals surface area contributed by atoms with E-state index in [2.05, 4.69) is 6.92 Å². The predicted molar refractivity (Wildman–Crippen MR) is 76.7 cm³/mol. The monoisotopic (exact) mass is 279 g/mol. The Kier molecular flexibility index (Phi) is 6.70. The highest BCUT2D eigenvalue weighted by Crippen LogP contribution is 2.21. The summed E-state index contributed by atoms with van der Waals surface area (Å²) in [5.41, 5.74) is -0.0141. The molecule has 5 nitrogen and oxygen atoms in total. The van der Waals surface area contributed by atoms with Crippen LogP contribution < -0.4 is 4.74 Å². The lowest BCUT2D eigenvalue weighted by Gasteiger charge is -2.13. The first-order chi connectivity index (χ1) is 9.58. The second-order valence-corrected chi connectivity index (χ2v) is 4.77. The third kappa shape index (κ3) is 4.99. The van der Waals surface area contributed by atoms with Gasteiger partial charge in [-0.2, -0.15) is 0 Å². The Morgan fingerprint density at radius 3 is 2.40 bits per heavy atom. The summed E-state index contributed by atoms with van der Waals surface area (Å²) in [6.07, 6.45) is 4.82. The molecule has 1 atom stereocenters. The summed E-state index contributed by atoms with van der Waals surface area (Å²) in [5, 5.41) is 10.5. The van der Waals surface area contributed by atoms with Gasteiger partial charge in [-0.25, -0.2) is 0 Å². The molecule has 0 aliphatic carbocycles. The van der Waals surface area contributed by atoms with Crippen LogP contribution >= 0.6 is 0 Å². The first-order valence-electron chi connectivity index (χ1n) is 7.04. The fourth-order valence-corrected chi connectivity index (χ4v) is 1.96. The number of esters is 1. The first-order valence-corrected chi connectivity index (χ1v) is 7.04. The van der Waals surface area contributed by atoms with Crippen molar-refractivity contribution in [3.8, 4) is 5.75 Å². The van der Waals surface area contributed by atoms with Gasteiger partial charge in [-0.15, -0.1) is 0 Å². The van der Waals surface area contributed by atoms with Gasteiger partial charge in [-0.1, -0.05) is 33.1 Å². The van der Waals surface area contributed by atoms with Crippen LogP contribution in [0, 0.1) is 16.0 Å². The van der Waals surface area contributed by atoms with E-state index in [9.17, 15) is 14.9 Å². The molecule has 5 heteroatoms. The van der Waals surface area contributed by atoms with Crippen molar-refractivity contribution in [2.75, 3.05) is 0 Å². The van der Waals surface area contributed by atoms with Crippen LogP contribution in [0.15, 0.2) is 24.3 Å². The van der Waals surface area contributed by atoms with E-state index in [4.69, 9.17) is 4.74 Å². The standard InChI is InChI=1S/C15H21NO4/c1-3-5-6-7-12(4-2)15(17)20-14-10-8-13(9-11-14)16(18)19/h8-12H,3-7H2,1-2H3. The highest BCUT2D eigenvalue weighted by molar-refractivity contribution is 5.75. The van der Waals surface area contributed by atoms with Gasteiger partial charge in [0.2, 0.25) is 0 Å². The third-order valence-corrected chi connectivity index (χ3v) is 3.25. The van der Waals surface area contributed by atoms with E-state index in [1.807, 2.05) is 6.92 Å². The number of ether oxygens (including phenoxy) is 1. The Labute approximate surface area is 119 Å². The van der Waals surface area contributed by atoms with E-state index in [-0.39, 0.29) is 17.6 Å². The Morgan fingerprint density at radius 2 is 1.90 bits per heavy atom. The minimum absolute atomic E-state index is 0.0141. The smallest absolute Gasteiger partial charge is 0.314 e. The molecule has 1 aromatic rings. The quantitative estimate of drug-likeness (QED) is 0.236. The van der Waals surface area contributed by atoms with E-state index >= 15 is 0 Å². The molecule has 1 unspecified atom stereocenters. The number of nitrogens with zero attached hydrogens (tertiary/aromatic N) is 1. The Balaban J connectivity index is 2.56. The number of carbonyl (C=O) groups excluding carboxylic acids is 1. The van der Waals surface area contributed by atoms with Gasteiger partial charge in [0.25, 0.3) is 5.69 Å². The van der Waals surface area contributed by atoms with Crippen molar-refractivity contribution in [1.82, 2.24) is 0 Å². The molecule has 0 saturated heterocycles. The van der Waals surface area contributed by atoms with Crippen LogP contribution in [0.5, 0.6) is 5.75 Å². The number of nitro groups is 1. The minimum Gasteiger partial charge on any atom is -0.426 e. The lowest BCUT2D eigenvalue weighted by molar-refractivity contribution is -0.384. The molecule has 0 amide bonds. The van der Waals surface area contributed by atoms with Gasteiger partial charge < -0.3 is 4.74 Å². The zero-order chi connectivity index (χ0) is 15.0. The molecule has 1 rings (SSSR count). The summed E-state index contributed by atoms with van der Waals surface area (Å²) >= 11 is 0. The highest BCUT2D eigenvalue weighted by Gasteiger charge is 2.18. The molecule has 0 heterocycles. The number of nitro benzene ring substituents is 1. The Bertz CT molecular complexity index is 442. The van der Waals surface area contributed by atoms with Crippen molar-refractivity contribution in [1.29, 1.82) is 0 Å². The molecule has 0 fully saturated rings. The molecule has 20 heavy (non-hydrogen) atoms. The molecule has 0 bridgehead atoms. The zero-order valence-electron chi connectivity index (χ0n) is 12.0. The summed E-state index contributed by atoms with van der Waals surface area (Å²) in [7, 11) is 0. The van der Waals surface area contributed by atoms with Crippen molar-refractivity contribution in [3.05, 3.63) is 34.4 Å². The summed E-state index contributed by atoms with van der Waals surface area (Å²) in [6.45, 7) is 4.09. The average molecular weight is 279 g/mol. The van der Waals surface area contributed by atoms with Crippen molar-refractivity contribution < 1.29 is 14.5 Å². The Morgan fingerprint density at radius 1 is 1.25 bits per heavy atom. The minimum atomic E-state index is -0.481. The van der Waals surface area contributed by atoms with Crippen molar-refractivity contribution in [3.63, 3.8) is 0 Å². The number of hydrogen-bond acceptors (Lipinski definition) is 4. The second-order valence-electron chi connectivity index (χ2n) is 4.77. The van der Waals surface area contributed by atoms with Gasteiger partial charge in [0, 0.05) is 12.1 Å². The third-order valence-electron chi connectivity index (χ3n) is 3.25. The molecule has 0 spiro atoms. The zero-order valence-corrected chi connectivity index (χ0v) is 12.0. The molecular weight excluding hydrogens is 258 g/mol. The number of rotatable bonds is 8. The lowest BCUT2D eigenvalue weighted by atomic mass is 9.99. The van der Waals surface area contributed by atoms with Crippen LogP contribution in [-0.2, 0) is 4.79 Å². The number of benzene rings is 1. The highest BCUT2D eigenvalue weighted by atomic mass is 16.6. The fourth-order valence-electron chi connectivity index (χ4n) is 1.96. The van der Waals surface area contributed by atoms with Crippen LogP contribution in [0.3, 0.4) is 0 Å². The maximum absolute atomic E-state index is 12.0. The summed E-state index contributed by atoms with van der Waals surface area (Å²) in [6, 6.07) is 5.57. The van der Waals surface area contributed by atoms with Gasteiger partial charge in [-0.3, -0.25) is 14.9 Å². The molecule has 0 aromatic heterocycles. The SMILES string of the molecule is CCCCCC(CC)C(=O)Oc1ccc([N+](=O)[O-])cc1. The van der Waals surface area contributed by atoms with E-state index in [1.54, 1.807) is 0 Å². The van der Waals surface area contributed by atoms with Crippen LogP contribution in [0.25, 0.3) is 0 Å². The molecule has 0 saturated carbocycles. The average Bonchev–Trinajstić information content (AvgIpc) is 2.44. The van der Waals surface area contributed by atoms with Gasteiger partial charge in [-0.05, 0) is 25.0 Å². The largest absolute Gasteiger partial charge is 0.426 e. The Hall–Kier alpha value is -1.91. The normalized spacial score (nSPS) is 11.9. The molecule has 0 radical (unpaired) electrons. The maximum atomic E-state index is 12.0. The van der Waals surface area contributed by atoms with E-state index in [0.717, 1.165) is 32.1 Å². The van der Waals surface area contributed by atoms with Crippen LogP contribution in [-0.4, -0.2) is 10.9 Å². The summed E-state index contributed by atoms with van der Waals surface area (Å²) in [5.74, 6) is 0.00346. The topological polar surface area (TPSA) is 69.4 Å². The number of hydrogen-bond donors (Lipinski definition) is 0. The van der Waals surface area contributed by atoms with Crippen LogP contribution in [0.2, 0.25) is 0 Å².